The number of hydrogen-bond acceptors (Lipinski definition) is 5. The Morgan fingerprint density at radius 2 is 1.89 bits per heavy atom. The highest BCUT2D eigenvalue weighted by Gasteiger charge is 2.19. The van der Waals surface area contributed by atoms with Crippen LogP contribution < -0.4 is 14.4 Å². The van der Waals surface area contributed by atoms with Crippen LogP contribution in [-0.2, 0) is 11.3 Å². The van der Waals surface area contributed by atoms with Crippen LogP contribution in [0.5, 0.6) is 11.5 Å². The van der Waals surface area contributed by atoms with Crippen LogP contribution in [0.4, 0.5) is 5.69 Å². The van der Waals surface area contributed by atoms with E-state index in [1.54, 1.807) is 35.4 Å². The number of benzene rings is 2. The summed E-state index contributed by atoms with van der Waals surface area (Å²) in [4.78, 5) is 14.5. The van der Waals surface area contributed by atoms with E-state index in [1.165, 1.54) is 0 Å². The first-order valence-electron chi connectivity index (χ1n) is 8.88. The first-order valence-corrected chi connectivity index (χ1v) is 8.88. The number of furan rings is 1. The topological polar surface area (TPSA) is 75.7 Å². The molecule has 0 unspecified atom stereocenters. The zero-order valence-corrected chi connectivity index (χ0v) is 15.5. The van der Waals surface area contributed by atoms with Crippen molar-refractivity contribution in [2.75, 3.05) is 18.1 Å². The molecule has 0 atom stereocenters. The van der Waals surface area contributed by atoms with E-state index in [4.69, 9.17) is 19.2 Å². The highest BCUT2D eigenvalue weighted by Crippen LogP contribution is 2.28. The Morgan fingerprint density at radius 1 is 1.07 bits per heavy atom. The van der Waals surface area contributed by atoms with Crippen molar-refractivity contribution in [1.82, 2.24) is 0 Å². The second-order valence-corrected chi connectivity index (χ2v) is 5.89. The fourth-order valence-electron chi connectivity index (χ4n) is 2.67. The van der Waals surface area contributed by atoms with Crippen molar-refractivity contribution in [2.24, 2.45) is 0 Å². The third-order valence-corrected chi connectivity index (χ3v) is 3.99. The van der Waals surface area contributed by atoms with Gasteiger partial charge < -0.3 is 18.8 Å². The van der Waals surface area contributed by atoms with Crippen LogP contribution in [0.15, 0.2) is 71.3 Å². The van der Waals surface area contributed by atoms with E-state index in [2.05, 4.69) is 6.07 Å². The van der Waals surface area contributed by atoms with Crippen LogP contribution in [-0.4, -0.2) is 19.1 Å². The molecule has 0 aliphatic heterocycles. The van der Waals surface area contributed by atoms with E-state index in [1.807, 2.05) is 43.3 Å². The summed E-state index contributed by atoms with van der Waals surface area (Å²) in [6.45, 7) is 2.38. The molecule has 2 aromatic carbocycles. The van der Waals surface area contributed by atoms with Gasteiger partial charge in [0, 0.05) is 11.8 Å². The van der Waals surface area contributed by atoms with Gasteiger partial charge in [-0.1, -0.05) is 18.2 Å². The molecule has 6 nitrogen and oxygen atoms in total. The van der Waals surface area contributed by atoms with Crippen LogP contribution in [0.2, 0.25) is 0 Å². The molecule has 0 saturated heterocycles. The summed E-state index contributed by atoms with van der Waals surface area (Å²) in [6, 6.07) is 19.9. The van der Waals surface area contributed by atoms with E-state index in [9.17, 15) is 4.79 Å². The zero-order chi connectivity index (χ0) is 19.8. The largest absolute Gasteiger partial charge is 0.490 e. The molecular formula is C22H20N2O4. The second-order valence-electron chi connectivity index (χ2n) is 5.89. The van der Waals surface area contributed by atoms with E-state index >= 15 is 0 Å². The van der Waals surface area contributed by atoms with Crippen LogP contribution >= 0.6 is 0 Å². The van der Waals surface area contributed by atoms with Gasteiger partial charge in [0.2, 0.25) is 0 Å². The molecule has 1 aromatic heterocycles. The first kappa shape index (κ1) is 19.1. The number of carbonyl (C=O) groups excluding carboxylic acids is 1. The number of anilines is 1. The maximum Gasteiger partial charge on any atom is 0.265 e. The van der Waals surface area contributed by atoms with Gasteiger partial charge in [0.15, 0.2) is 18.1 Å². The Labute approximate surface area is 163 Å². The molecular weight excluding hydrogens is 356 g/mol. The van der Waals surface area contributed by atoms with Crippen LogP contribution in [0.3, 0.4) is 0 Å². The normalized spacial score (nSPS) is 10.1. The number of rotatable bonds is 8. The predicted molar refractivity (Wildman–Crippen MR) is 104 cm³/mol. The zero-order valence-electron chi connectivity index (χ0n) is 15.5. The van der Waals surface area contributed by atoms with E-state index < -0.39 is 0 Å². The molecule has 0 spiro atoms. The van der Waals surface area contributed by atoms with E-state index in [0.717, 1.165) is 5.69 Å². The lowest BCUT2D eigenvalue weighted by atomic mass is 10.2. The van der Waals surface area contributed by atoms with Crippen molar-refractivity contribution in [3.63, 3.8) is 0 Å². The number of carbonyl (C=O) groups is 1. The minimum Gasteiger partial charge on any atom is -0.490 e. The molecule has 28 heavy (non-hydrogen) atoms. The lowest BCUT2D eigenvalue weighted by Crippen LogP contribution is -2.34. The van der Waals surface area contributed by atoms with Crippen molar-refractivity contribution in [3.8, 4) is 17.6 Å². The first-order chi connectivity index (χ1) is 13.7. The van der Waals surface area contributed by atoms with Gasteiger partial charge >= 0.3 is 0 Å². The van der Waals surface area contributed by atoms with Crippen LogP contribution in [0.1, 0.15) is 18.2 Å². The Bertz CT molecular complexity index is 946. The smallest absolute Gasteiger partial charge is 0.265 e. The maximum atomic E-state index is 12.9. The van der Waals surface area contributed by atoms with Crippen molar-refractivity contribution < 1.29 is 18.7 Å². The summed E-state index contributed by atoms with van der Waals surface area (Å²) in [6.07, 6.45) is 1.57. The summed E-state index contributed by atoms with van der Waals surface area (Å²) >= 11 is 0. The standard InChI is InChI=1S/C22H20N2O4/c1-2-26-21-13-17(14-23)10-11-20(21)28-16-22(25)24(15-19-9-6-12-27-19)18-7-4-3-5-8-18/h3-13H,2,15-16H2,1H3. The van der Waals surface area contributed by atoms with Crippen molar-refractivity contribution >= 4 is 11.6 Å². The van der Waals surface area contributed by atoms with Crippen molar-refractivity contribution in [3.05, 3.63) is 78.3 Å². The van der Waals surface area contributed by atoms with Crippen LogP contribution in [0.25, 0.3) is 0 Å². The molecule has 142 valence electrons. The molecule has 3 aromatic rings. The minimum atomic E-state index is -0.227. The molecule has 0 aliphatic rings. The molecule has 0 saturated carbocycles. The fourth-order valence-corrected chi connectivity index (χ4v) is 2.67. The minimum absolute atomic E-state index is 0.179. The SMILES string of the molecule is CCOc1cc(C#N)ccc1OCC(=O)N(Cc1ccco1)c1ccccc1. The van der Waals surface area contributed by atoms with Crippen molar-refractivity contribution in [1.29, 1.82) is 5.26 Å². The highest BCUT2D eigenvalue weighted by molar-refractivity contribution is 5.94. The number of para-hydroxylation sites is 1. The molecule has 0 bridgehead atoms. The van der Waals surface area contributed by atoms with Crippen molar-refractivity contribution in [2.45, 2.75) is 13.5 Å². The van der Waals surface area contributed by atoms with Gasteiger partial charge in [-0.15, -0.1) is 0 Å². The Balaban J connectivity index is 1.76. The summed E-state index contributed by atoms with van der Waals surface area (Å²) < 4.78 is 16.6. The summed E-state index contributed by atoms with van der Waals surface area (Å²) in [7, 11) is 0. The number of nitrogens with zero attached hydrogens (tertiary/aromatic N) is 2. The molecule has 1 heterocycles. The number of hydrogen-bond donors (Lipinski definition) is 0. The molecule has 6 heteroatoms. The van der Waals surface area contributed by atoms with E-state index in [-0.39, 0.29) is 12.5 Å². The number of ether oxygens (including phenoxy) is 2. The highest BCUT2D eigenvalue weighted by atomic mass is 16.5. The van der Waals surface area contributed by atoms with E-state index in [0.29, 0.717) is 36.0 Å². The molecule has 3 rings (SSSR count). The van der Waals surface area contributed by atoms with Gasteiger partial charge in [-0.2, -0.15) is 5.26 Å². The summed E-state index contributed by atoms with van der Waals surface area (Å²) in [5, 5.41) is 9.04. The third-order valence-electron chi connectivity index (χ3n) is 3.99. The Kier molecular flexibility index (Phi) is 6.32. The Morgan fingerprint density at radius 3 is 2.57 bits per heavy atom. The van der Waals surface area contributed by atoms with Gasteiger partial charge in [0.25, 0.3) is 5.91 Å². The summed E-state index contributed by atoms with van der Waals surface area (Å²) in [5.74, 6) is 1.30. The van der Waals surface area contributed by atoms with Gasteiger partial charge in [-0.25, -0.2) is 0 Å². The monoisotopic (exact) mass is 376 g/mol. The average molecular weight is 376 g/mol. The molecule has 1 amide bonds. The lowest BCUT2D eigenvalue weighted by Gasteiger charge is -2.22. The van der Waals surface area contributed by atoms with Gasteiger partial charge in [0.1, 0.15) is 5.76 Å². The maximum absolute atomic E-state index is 12.9. The quantitative estimate of drug-likeness (QED) is 0.590. The molecule has 0 fully saturated rings. The van der Waals surface area contributed by atoms with Gasteiger partial charge in [-0.3, -0.25) is 4.79 Å². The Hall–Kier alpha value is -3.72. The molecule has 0 radical (unpaired) electrons. The average Bonchev–Trinajstić information content (AvgIpc) is 3.25. The second kappa shape index (κ2) is 9.28. The molecule has 0 aliphatic carbocycles. The number of nitriles is 1. The summed E-state index contributed by atoms with van der Waals surface area (Å²) in [5.41, 5.74) is 1.21. The van der Waals surface area contributed by atoms with Crippen LogP contribution in [0, 0.1) is 11.3 Å². The van der Waals surface area contributed by atoms with Gasteiger partial charge in [0.05, 0.1) is 31.0 Å². The van der Waals surface area contributed by atoms with Gasteiger partial charge in [-0.05, 0) is 43.3 Å². The third kappa shape index (κ3) is 4.71. The fraction of sp³-hybridized carbons (Fsp3) is 0.182. The molecule has 0 N–H and O–H groups in total. The predicted octanol–water partition coefficient (Wildman–Crippen LogP) is 4.16. The number of amides is 1. The lowest BCUT2D eigenvalue weighted by molar-refractivity contribution is -0.120.